The van der Waals surface area contributed by atoms with Crippen molar-refractivity contribution in [3.63, 3.8) is 0 Å². The van der Waals surface area contributed by atoms with E-state index in [2.05, 4.69) is 39.4 Å². The monoisotopic (exact) mass is 679 g/mol. The first-order valence-corrected chi connectivity index (χ1v) is 12.2. The second-order valence-corrected chi connectivity index (χ2v) is 9.13. The van der Waals surface area contributed by atoms with Gasteiger partial charge in [0.2, 0.25) is 5.71 Å². The number of fused-ring (bicyclic) bond motifs is 4. The van der Waals surface area contributed by atoms with Crippen molar-refractivity contribution in [2.75, 3.05) is 0 Å². The van der Waals surface area contributed by atoms with Crippen LogP contribution in [0.3, 0.4) is 0 Å². The molecular weight excluding hydrogens is 655 g/mol. The molecule has 0 fully saturated rings. The fourth-order valence-electron chi connectivity index (χ4n) is 4.07. The quantitative estimate of drug-likeness (QED) is 0.173. The van der Waals surface area contributed by atoms with E-state index in [9.17, 15) is 0 Å². The van der Waals surface area contributed by atoms with Crippen LogP contribution in [0, 0.1) is 25.9 Å². The van der Waals surface area contributed by atoms with E-state index in [0.717, 1.165) is 43.4 Å². The fraction of sp³-hybridized carbons (Fsp3) is 0.0645. The van der Waals surface area contributed by atoms with Gasteiger partial charge in [-0.15, -0.1) is 65.4 Å². The molecule has 0 amide bonds. The number of hydrogen-bond acceptors (Lipinski definition) is 5. The van der Waals surface area contributed by atoms with Gasteiger partial charge in [-0.05, 0) is 54.3 Å². The number of furan rings is 1. The van der Waals surface area contributed by atoms with Crippen LogP contribution in [0.1, 0.15) is 15.4 Å². The first-order valence-electron chi connectivity index (χ1n) is 12.9. The molecule has 0 aliphatic rings. The van der Waals surface area contributed by atoms with Crippen molar-refractivity contribution in [1.29, 1.82) is 0 Å². The average molecular weight is 679 g/mol. The van der Waals surface area contributed by atoms with Crippen LogP contribution < -0.4 is 0 Å². The van der Waals surface area contributed by atoms with Crippen molar-refractivity contribution in [1.82, 2.24) is 15.0 Å². The molecule has 0 saturated heterocycles. The van der Waals surface area contributed by atoms with Crippen LogP contribution in [0.2, 0.25) is 0 Å². The Bertz CT molecular complexity index is 1880. The molecule has 7 rings (SSSR count). The standard InChI is InChI=1S/C20H13N2OS.C11H8N.Ir/c1-11-10-24-18-8-17(21-9-16(11)18)15-5-3-4-13-14-7-6-12(2)22-20(14)23-19(13)15;1-2-6-10(7-3-1)11-8-4-5-9-12-11;/h3-4,6-10H,1-2H3;1-6,8-9H;/q2*-1;/i2D3;;. The van der Waals surface area contributed by atoms with E-state index in [1.165, 1.54) is 11.6 Å². The Kier molecular flexibility index (Phi) is 6.20. The number of rotatable bonds is 2. The van der Waals surface area contributed by atoms with Crippen molar-refractivity contribution in [2.45, 2.75) is 13.8 Å². The molecule has 0 aliphatic carbocycles. The van der Waals surface area contributed by atoms with Crippen molar-refractivity contribution in [3.8, 4) is 22.5 Å². The molecule has 1 radical (unpaired) electrons. The summed E-state index contributed by atoms with van der Waals surface area (Å²) in [7, 11) is 0. The Morgan fingerprint density at radius 1 is 0.892 bits per heavy atom. The van der Waals surface area contributed by atoms with E-state index in [1.54, 1.807) is 23.6 Å². The fourth-order valence-corrected chi connectivity index (χ4v) is 5.02. The Labute approximate surface area is 236 Å². The first-order chi connectivity index (χ1) is 18.9. The zero-order valence-corrected chi connectivity index (χ0v) is 22.9. The maximum absolute atomic E-state index is 7.55. The Morgan fingerprint density at radius 2 is 1.81 bits per heavy atom. The largest absolute Gasteiger partial charge is 0.486 e. The molecule has 2 aromatic carbocycles. The predicted molar refractivity (Wildman–Crippen MR) is 147 cm³/mol. The molecule has 4 nitrogen and oxygen atoms in total. The predicted octanol–water partition coefficient (Wildman–Crippen LogP) is 8.22. The molecule has 0 atom stereocenters. The van der Waals surface area contributed by atoms with Gasteiger partial charge >= 0.3 is 0 Å². The minimum Gasteiger partial charge on any atom is -0.486 e. The smallest absolute Gasteiger partial charge is 0.216 e. The van der Waals surface area contributed by atoms with E-state index in [-0.39, 0.29) is 25.8 Å². The zero-order valence-electron chi connectivity index (χ0n) is 22.7. The van der Waals surface area contributed by atoms with Crippen LogP contribution in [0.5, 0.6) is 0 Å². The molecule has 5 heterocycles. The van der Waals surface area contributed by atoms with Gasteiger partial charge in [0, 0.05) is 57.8 Å². The zero-order chi connectivity index (χ0) is 27.0. The second-order valence-electron chi connectivity index (χ2n) is 8.22. The molecule has 6 heteroatoms. The molecule has 0 unspecified atom stereocenters. The molecule has 0 aliphatic heterocycles. The van der Waals surface area contributed by atoms with E-state index >= 15 is 0 Å². The van der Waals surface area contributed by atoms with Gasteiger partial charge in [-0.2, -0.15) is 0 Å². The van der Waals surface area contributed by atoms with Crippen molar-refractivity contribution in [3.05, 3.63) is 114 Å². The van der Waals surface area contributed by atoms with Crippen LogP contribution in [-0.4, -0.2) is 15.0 Å². The van der Waals surface area contributed by atoms with Gasteiger partial charge in [-0.3, -0.25) is 0 Å². The number of thiophene rings is 1. The first kappa shape index (κ1) is 21.4. The molecule has 0 spiro atoms. The normalized spacial score (nSPS) is 12.3. The summed E-state index contributed by atoms with van der Waals surface area (Å²) in [5, 5.41) is 4.90. The van der Waals surface area contributed by atoms with Crippen LogP contribution in [0.4, 0.5) is 0 Å². The third-order valence-electron chi connectivity index (χ3n) is 5.86. The summed E-state index contributed by atoms with van der Waals surface area (Å²) in [6.45, 7) is -0.202. The summed E-state index contributed by atoms with van der Waals surface area (Å²) >= 11 is 1.68. The number of nitrogens with zero attached hydrogens (tertiary/aromatic N) is 3. The third kappa shape index (κ3) is 4.96. The number of aryl methyl sites for hydroxylation is 2. The number of aromatic nitrogens is 3. The van der Waals surface area contributed by atoms with E-state index < -0.39 is 6.85 Å². The number of benzene rings is 2. The van der Waals surface area contributed by atoms with Crippen LogP contribution >= 0.6 is 11.3 Å². The average Bonchev–Trinajstić information content (AvgIpc) is 3.53. The third-order valence-corrected chi connectivity index (χ3v) is 6.92. The van der Waals surface area contributed by atoms with Gasteiger partial charge in [-0.25, -0.2) is 4.98 Å². The number of pyridine rings is 3. The summed E-state index contributed by atoms with van der Waals surface area (Å²) in [5.41, 5.74) is 5.68. The molecule has 183 valence electrons. The van der Waals surface area contributed by atoms with Gasteiger partial charge < -0.3 is 14.4 Å². The molecule has 7 aromatic rings. The van der Waals surface area contributed by atoms with Crippen LogP contribution in [0.15, 0.2) is 95.0 Å². The van der Waals surface area contributed by atoms with E-state index in [1.807, 2.05) is 66.9 Å². The van der Waals surface area contributed by atoms with Crippen molar-refractivity contribution >= 4 is 43.5 Å². The van der Waals surface area contributed by atoms with E-state index in [4.69, 9.17) is 8.53 Å². The van der Waals surface area contributed by atoms with Crippen molar-refractivity contribution in [2.24, 2.45) is 0 Å². The molecule has 5 aromatic heterocycles. The van der Waals surface area contributed by atoms with Gasteiger partial charge in [-0.1, -0.05) is 29.1 Å². The minimum absolute atomic E-state index is 0. The molecule has 0 N–H and O–H groups in total. The van der Waals surface area contributed by atoms with Gasteiger partial charge in [0.05, 0.1) is 5.58 Å². The summed E-state index contributed by atoms with van der Waals surface area (Å²) in [6, 6.07) is 29.1. The Morgan fingerprint density at radius 3 is 2.62 bits per heavy atom. The van der Waals surface area contributed by atoms with Crippen LogP contribution in [-0.2, 0) is 20.1 Å². The van der Waals surface area contributed by atoms with E-state index in [0.29, 0.717) is 11.3 Å². The minimum atomic E-state index is -2.27. The topological polar surface area (TPSA) is 51.8 Å². The van der Waals surface area contributed by atoms with Crippen molar-refractivity contribution < 1.29 is 28.6 Å². The summed E-state index contributed by atoms with van der Waals surface area (Å²) in [6.07, 6.45) is 3.66. The Balaban J connectivity index is 0.000000209. The second kappa shape index (κ2) is 10.7. The number of hydrogen-bond donors (Lipinski definition) is 0. The molecule has 37 heavy (non-hydrogen) atoms. The maximum atomic E-state index is 7.55. The summed E-state index contributed by atoms with van der Waals surface area (Å²) in [4.78, 5) is 13.0. The van der Waals surface area contributed by atoms with Gasteiger partial charge in [0.1, 0.15) is 0 Å². The molecular formula is C31H21IrN3OS-2. The Hall–Kier alpha value is -3.70. The summed E-state index contributed by atoms with van der Waals surface area (Å²) in [5.74, 6) is 0. The SMILES string of the molecule is [2H]C([2H])([2H])c1ccc2c(n1)oc1c(-c3cc4scc(C)c4cn3)[c-]ccc12.[Ir].[c-]1ccccc1-c1ccccn1. The maximum Gasteiger partial charge on any atom is 0.216 e. The van der Waals surface area contributed by atoms with Crippen LogP contribution in [0.25, 0.3) is 54.7 Å². The van der Waals surface area contributed by atoms with Gasteiger partial charge in [0.25, 0.3) is 0 Å². The van der Waals surface area contributed by atoms with Gasteiger partial charge in [0.15, 0.2) is 0 Å². The summed E-state index contributed by atoms with van der Waals surface area (Å²) < 4.78 is 29.8. The molecule has 0 bridgehead atoms. The molecule has 0 saturated carbocycles.